The van der Waals surface area contributed by atoms with Gasteiger partial charge in [-0.1, -0.05) is 18.5 Å². The molecule has 0 aromatic carbocycles. The van der Waals surface area contributed by atoms with Gasteiger partial charge in [0, 0.05) is 18.5 Å². The van der Waals surface area contributed by atoms with Gasteiger partial charge < -0.3 is 9.30 Å². The predicted octanol–water partition coefficient (Wildman–Crippen LogP) is 2.48. The van der Waals surface area contributed by atoms with Crippen molar-refractivity contribution in [3.05, 3.63) is 28.9 Å². The van der Waals surface area contributed by atoms with Crippen molar-refractivity contribution in [1.29, 1.82) is 0 Å². The van der Waals surface area contributed by atoms with Gasteiger partial charge in [0.2, 0.25) is 0 Å². The average molecular weight is 279 g/mol. The van der Waals surface area contributed by atoms with Crippen LogP contribution in [0.4, 0.5) is 0 Å². The van der Waals surface area contributed by atoms with Gasteiger partial charge in [-0.15, -0.1) is 0 Å². The number of ether oxygens (including phenoxy) is 1. The number of hydrogen-bond acceptors (Lipinski definition) is 4. The maximum Gasteiger partial charge on any atom is 0.179 e. The molecule has 19 heavy (non-hydrogen) atoms. The SMILES string of the molecule is CCCn1cncc1-c1nc(Cl)c2c(n1)CCOC2. The summed E-state index contributed by atoms with van der Waals surface area (Å²) in [6, 6.07) is 0. The van der Waals surface area contributed by atoms with E-state index >= 15 is 0 Å². The molecular weight excluding hydrogens is 264 g/mol. The van der Waals surface area contributed by atoms with E-state index in [-0.39, 0.29) is 0 Å². The molecule has 0 bridgehead atoms. The Labute approximate surface area is 116 Å². The van der Waals surface area contributed by atoms with Crippen LogP contribution in [0.5, 0.6) is 0 Å². The lowest BCUT2D eigenvalue weighted by atomic mass is 10.1. The highest BCUT2D eigenvalue weighted by molar-refractivity contribution is 6.30. The first kappa shape index (κ1) is 12.6. The second-order valence-electron chi connectivity index (χ2n) is 4.54. The van der Waals surface area contributed by atoms with E-state index < -0.39 is 0 Å². The number of aryl methyl sites for hydroxylation is 1. The molecule has 0 unspecified atom stereocenters. The summed E-state index contributed by atoms with van der Waals surface area (Å²) in [5, 5.41) is 0.490. The zero-order valence-corrected chi connectivity index (χ0v) is 11.5. The summed E-state index contributed by atoms with van der Waals surface area (Å²) >= 11 is 6.23. The van der Waals surface area contributed by atoms with Gasteiger partial charge in [-0.05, 0) is 6.42 Å². The molecule has 0 amide bonds. The van der Waals surface area contributed by atoms with E-state index in [4.69, 9.17) is 16.3 Å². The summed E-state index contributed by atoms with van der Waals surface area (Å²) in [4.78, 5) is 13.2. The molecule has 0 aliphatic carbocycles. The van der Waals surface area contributed by atoms with Crippen LogP contribution in [-0.2, 0) is 24.3 Å². The molecule has 3 heterocycles. The Morgan fingerprint density at radius 2 is 2.32 bits per heavy atom. The molecule has 1 aliphatic rings. The monoisotopic (exact) mass is 278 g/mol. The lowest BCUT2D eigenvalue weighted by molar-refractivity contribution is 0.109. The highest BCUT2D eigenvalue weighted by Gasteiger charge is 2.19. The molecule has 100 valence electrons. The molecule has 0 fully saturated rings. The van der Waals surface area contributed by atoms with E-state index in [2.05, 4.69) is 26.4 Å². The summed E-state index contributed by atoms with van der Waals surface area (Å²) in [5.41, 5.74) is 2.82. The Bertz CT molecular complexity index is 596. The second-order valence-corrected chi connectivity index (χ2v) is 4.90. The Balaban J connectivity index is 2.05. The first-order valence-electron chi connectivity index (χ1n) is 6.43. The highest BCUT2D eigenvalue weighted by Crippen LogP contribution is 2.25. The molecule has 0 spiro atoms. The van der Waals surface area contributed by atoms with E-state index in [0.717, 1.165) is 36.3 Å². The zero-order chi connectivity index (χ0) is 13.2. The minimum absolute atomic E-state index is 0.490. The van der Waals surface area contributed by atoms with E-state index in [0.29, 0.717) is 24.2 Å². The van der Waals surface area contributed by atoms with Gasteiger partial charge >= 0.3 is 0 Å². The first-order valence-corrected chi connectivity index (χ1v) is 6.81. The van der Waals surface area contributed by atoms with Crippen LogP contribution in [-0.4, -0.2) is 26.1 Å². The molecule has 0 atom stereocenters. The van der Waals surface area contributed by atoms with Crippen LogP contribution in [0.1, 0.15) is 24.6 Å². The van der Waals surface area contributed by atoms with Crippen LogP contribution in [0.25, 0.3) is 11.5 Å². The fourth-order valence-electron chi connectivity index (χ4n) is 2.23. The van der Waals surface area contributed by atoms with Crippen molar-refractivity contribution < 1.29 is 4.74 Å². The number of imidazole rings is 1. The van der Waals surface area contributed by atoms with Gasteiger partial charge in [0.15, 0.2) is 5.82 Å². The number of rotatable bonds is 3. The minimum Gasteiger partial charge on any atom is -0.376 e. The average Bonchev–Trinajstić information content (AvgIpc) is 2.87. The Morgan fingerprint density at radius 3 is 3.16 bits per heavy atom. The topological polar surface area (TPSA) is 52.8 Å². The molecule has 0 radical (unpaired) electrons. The third-order valence-electron chi connectivity index (χ3n) is 3.18. The van der Waals surface area contributed by atoms with Crippen LogP contribution in [0.3, 0.4) is 0 Å². The van der Waals surface area contributed by atoms with Gasteiger partial charge in [0.25, 0.3) is 0 Å². The lowest BCUT2D eigenvalue weighted by Gasteiger charge is -2.17. The van der Waals surface area contributed by atoms with Crippen molar-refractivity contribution in [3.8, 4) is 11.5 Å². The van der Waals surface area contributed by atoms with Crippen LogP contribution in [0.15, 0.2) is 12.5 Å². The second kappa shape index (κ2) is 5.27. The third-order valence-corrected chi connectivity index (χ3v) is 3.49. The van der Waals surface area contributed by atoms with Crippen molar-refractivity contribution in [3.63, 3.8) is 0 Å². The minimum atomic E-state index is 0.490. The van der Waals surface area contributed by atoms with Crippen molar-refractivity contribution in [2.45, 2.75) is 32.9 Å². The molecule has 0 saturated heterocycles. The largest absolute Gasteiger partial charge is 0.376 e. The fraction of sp³-hybridized carbons (Fsp3) is 0.462. The number of nitrogens with zero attached hydrogens (tertiary/aromatic N) is 4. The maximum absolute atomic E-state index is 6.23. The molecule has 0 saturated carbocycles. The quantitative estimate of drug-likeness (QED) is 0.810. The zero-order valence-electron chi connectivity index (χ0n) is 10.8. The Hall–Kier alpha value is -1.46. The summed E-state index contributed by atoms with van der Waals surface area (Å²) in [6.07, 6.45) is 5.41. The number of hydrogen-bond donors (Lipinski definition) is 0. The smallest absolute Gasteiger partial charge is 0.179 e. The van der Waals surface area contributed by atoms with Gasteiger partial charge in [0.1, 0.15) is 10.8 Å². The molecule has 1 aliphatic heterocycles. The van der Waals surface area contributed by atoms with E-state index in [1.165, 1.54) is 0 Å². The predicted molar refractivity (Wildman–Crippen MR) is 71.9 cm³/mol. The number of halogens is 1. The molecule has 6 heteroatoms. The lowest BCUT2D eigenvalue weighted by Crippen LogP contribution is -2.14. The summed E-state index contributed by atoms with van der Waals surface area (Å²) in [7, 11) is 0. The van der Waals surface area contributed by atoms with Crippen molar-refractivity contribution in [2.24, 2.45) is 0 Å². The van der Waals surface area contributed by atoms with Crippen LogP contribution in [0.2, 0.25) is 5.15 Å². The maximum atomic E-state index is 6.23. The standard InChI is InChI=1S/C13H15ClN4O/c1-2-4-18-8-15-6-11(18)13-16-10-3-5-19-7-9(10)12(14)17-13/h6,8H,2-5,7H2,1H3. The fourth-order valence-corrected chi connectivity index (χ4v) is 2.48. The summed E-state index contributed by atoms with van der Waals surface area (Å²) in [6.45, 7) is 4.22. The Kier molecular flexibility index (Phi) is 3.48. The van der Waals surface area contributed by atoms with Crippen LogP contribution in [0, 0.1) is 0 Å². The third kappa shape index (κ3) is 2.35. The molecule has 2 aromatic heterocycles. The van der Waals surface area contributed by atoms with E-state index in [1.54, 1.807) is 12.5 Å². The van der Waals surface area contributed by atoms with Gasteiger partial charge in [0.05, 0.1) is 31.4 Å². The molecule has 2 aromatic rings. The first-order chi connectivity index (χ1) is 9.29. The Morgan fingerprint density at radius 1 is 1.42 bits per heavy atom. The highest BCUT2D eigenvalue weighted by atomic mass is 35.5. The van der Waals surface area contributed by atoms with E-state index in [9.17, 15) is 0 Å². The van der Waals surface area contributed by atoms with Gasteiger partial charge in [-0.3, -0.25) is 0 Å². The molecule has 3 rings (SSSR count). The van der Waals surface area contributed by atoms with Crippen molar-refractivity contribution in [1.82, 2.24) is 19.5 Å². The molecule has 5 nitrogen and oxygen atoms in total. The molecular formula is C13H15ClN4O. The summed E-state index contributed by atoms with van der Waals surface area (Å²) in [5.74, 6) is 0.650. The number of fused-ring (bicyclic) bond motifs is 1. The van der Waals surface area contributed by atoms with Crippen molar-refractivity contribution in [2.75, 3.05) is 6.61 Å². The summed E-state index contributed by atoms with van der Waals surface area (Å²) < 4.78 is 7.44. The van der Waals surface area contributed by atoms with Crippen LogP contribution < -0.4 is 0 Å². The van der Waals surface area contributed by atoms with Gasteiger partial charge in [-0.25, -0.2) is 15.0 Å². The van der Waals surface area contributed by atoms with Gasteiger partial charge in [-0.2, -0.15) is 0 Å². The van der Waals surface area contributed by atoms with E-state index in [1.807, 2.05) is 0 Å². The molecule has 0 N–H and O–H groups in total. The normalized spacial score (nSPS) is 14.4. The number of aromatic nitrogens is 4. The van der Waals surface area contributed by atoms with Crippen molar-refractivity contribution >= 4 is 11.6 Å². The van der Waals surface area contributed by atoms with Crippen LogP contribution >= 0.6 is 11.6 Å².